The van der Waals surface area contributed by atoms with E-state index in [1.165, 1.54) is 4.57 Å². The first-order valence-corrected chi connectivity index (χ1v) is 14.0. The maximum atomic E-state index is 14.4. The van der Waals surface area contributed by atoms with E-state index in [0.717, 1.165) is 13.1 Å². The predicted molar refractivity (Wildman–Crippen MR) is 153 cm³/mol. The molecule has 2 aromatic carbocycles. The zero-order valence-electron chi connectivity index (χ0n) is 22.9. The van der Waals surface area contributed by atoms with E-state index >= 15 is 0 Å². The summed E-state index contributed by atoms with van der Waals surface area (Å²) in [5.41, 5.74) is 0.441. The van der Waals surface area contributed by atoms with Gasteiger partial charge >= 0.3 is 5.69 Å². The number of nitrogens with zero attached hydrogens (tertiary/aromatic N) is 5. The first-order chi connectivity index (χ1) is 19.6. The first kappa shape index (κ1) is 26.3. The fourth-order valence-electron chi connectivity index (χ4n) is 5.59. The third kappa shape index (κ3) is 4.69. The number of hydrogen-bond donors (Lipinski definition) is 1. The van der Waals surface area contributed by atoms with E-state index in [-0.39, 0.29) is 11.6 Å². The highest BCUT2D eigenvalue weighted by Crippen LogP contribution is 2.35. The van der Waals surface area contributed by atoms with Gasteiger partial charge < -0.3 is 24.4 Å². The Morgan fingerprint density at radius 1 is 0.950 bits per heavy atom. The summed E-state index contributed by atoms with van der Waals surface area (Å²) in [6.45, 7) is 8.61. The lowest BCUT2D eigenvalue weighted by molar-refractivity contribution is 0.122. The molecule has 0 amide bonds. The Bertz CT molecular complexity index is 1650. The molecule has 0 bridgehead atoms. The van der Waals surface area contributed by atoms with Gasteiger partial charge in [0, 0.05) is 30.6 Å². The second-order valence-corrected chi connectivity index (χ2v) is 9.92. The van der Waals surface area contributed by atoms with Crippen LogP contribution in [0.4, 0.5) is 5.95 Å². The number of anilines is 1. The molecule has 11 nitrogen and oxygen atoms in total. The van der Waals surface area contributed by atoms with Gasteiger partial charge in [-0.15, -0.1) is 0 Å². The molecule has 40 heavy (non-hydrogen) atoms. The number of para-hydroxylation sites is 1. The number of piperidine rings is 1. The van der Waals surface area contributed by atoms with Gasteiger partial charge in [-0.05, 0) is 58.0 Å². The van der Waals surface area contributed by atoms with Gasteiger partial charge in [-0.1, -0.05) is 12.1 Å². The number of benzene rings is 2. The van der Waals surface area contributed by atoms with Crippen LogP contribution in [0.15, 0.2) is 46.0 Å². The number of hydrogen-bond acceptors (Lipinski definition) is 9. The van der Waals surface area contributed by atoms with E-state index in [1.54, 1.807) is 16.7 Å². The van der Waals surface area contributed by atoms with Crippen LogP contribution >= 0.6 is 0 Å². The Balaban J connectivity index is 1.69. The Kier molecular flexibility index (Phi) is 7.40. The average Bonchev–Trinajstić information content (AvgIpc) is 2.99. The summed E-state index contributed by atoms with van der Waals surface area (Å²) in [5, 5.41) is 4.42. The van der Waals surface area contributed by atoms with Crippen molar-refractivity contribution in [2.45, 2.75) is 32.7 Å². The number of morpholine rings is 1. The van der Waals surface area contributed by atoms with Gasteiger partial charge in [-0.3, -0.25) is 9.36 Å². The molecule has 6 rings (SSSR count). The minimum absolute atomic E-state index is 0.201. The van der Waals surface area contributed by atoms with Crippen molar-refractivity contribution in [2.24, 2.45) is 0 Å². The predicted octanol–water partition coefficient (Wildman–Crippen LogP) is 2.65. The Morgan fingerprint density at radius 3 is 2.38 bits per heavy atom. The summed E-state index contributed by atoms with van der Waals surface area (Å²) in [6.07, 6.45) is 1.40. The number of ether oxygens (including phenoxy) is 3. The third-order valence-electron chi connectivity index (χ3n) is 7.50. The van der Waals surface area contributed by atoms with Crippen molar-refractivity contribution in [1.29, 1.82) is 0 Å². The highest BCUT2D eigenvalue weighted by molar-refractivity contribution is 5.91. The van der Waals surface area contributed by atoms with Gasteiger partial charge in [-0.25, -0.2) is 14.3 Å². The van der Waals surface area contributed by atoms with E-state index in [1.807, 2.05) is 38.1 Å². The van der Waals surface area contributed by atoms with Crippen molar-refractivity contribution in [3.05, 3.63) is 57.2 Å². The molecule has 2 aromatic heterocycles. The summed E-state index contributed by atoms with van der Waals surface area (Å²) in [4.78, 5) is 40.0. The Labute approximate surface area is 231 Å². The van der Waals surface area contributed by atoms with Crippen molar-refractivity contribution >= 4 is 27.8 Å². The molecule has 0 unspecified atom stereocenters. The smallest absolute Gasteiger partial charge is 0.337 e. The zero-order valence-corrected chi connectivity index (χ0v) is 22.9. The summed E-state index contributed by atoms with van der Waals surface area (Å²) in [5.74, 6) is 2.02. The van der Waals surface area contributed by atoms with Crippen LogP contribution < -0.4 is 30.9 Å². The lowest BCUT2D eigenvalue weighted by Crippen LogP contribution is -2.45. The quantitative estimate of drug-likeness (QED) is 0.374. The number of rotatable bonds is 7. The number of aromatic nitrogens is 4. The fraction of sp³-hybridized carbons (Fsp3) is 0.448. The number of fused-ring (bicyclic) bond motifs is 2. The molecule has 0 saturated carbocycles. The summed E-state index contributed by atoms with van der Waals surface area (Å²) in [7, 11) is 0. The van der Waals surface area contributed by atoms with Crippen molar-refractivity contribution in [2.75, 3.05) is 57.5 Å². The van der Waals surface area contributed by atoms with Crippen LogP contribution in [0.1, 0.15) is 32.7 Å². The topological polar surface area (TPSA) is 113 Å². The van der Waals surface area contributed by atoms with E-state index in [2.05, 4.69) is 10.2 Å². The molecule has 2 aliphatic heterocycles. The van der Waals surface area contributed by atoms with Gasteiger partial charge in [0.1, 0.15) is 0 Å². The van der Waals surface area contributed by atoms with Crippen molar-refractivity contribution in [1.82, 2.24) is 24.4 Å². The molecule has 1 N–H and O–H groups in total. The van der Waals surface area contributed by atoms with Gasteiger partial charge in [0.2, 0.25) is 5.95 Å². The van der Waals surface area contributed by atoms with E-state index in [0.29, 0.717) is 97.4 Å². The highest BCUT2D eigenvalue weighted by atomic mass is 16.5. The van der Waals surface area contributed by atoms with Gasteiger partial charge in [-0.2, -0.15) is 4.98 Å². The lowest BCUT2D eigenvalue weighted by Gasteiger charge is -2.28. The SMILES string of the molecule is CCOc1cc2nc(N3CCOCC3)nc(-n3c(=O)n(C4CCNCC4)c(=O)c4ccccc43)c2cc1OCC. The second-order valence-electron chi connectivity index (χ2n) is 9.92. The summed E-state index contributed by atoms with van der Waals surface area (Å²) < 4.78 is 20.4. The van der Waals surface area contributed by atoms with Gasteiger partial charge in [0.05, 0.1) is 42.8 Å². The van der Waals surface area contributed by atoms with Crippen LogP contribution in [0.3, 0.4) is 0 Å². The maximum absolute atomic E-state index is 14.4. The minimum atomic E-state index is -0.407. The molecule has 0 spiro atoms. The number of nitrogens with one attached hydrogen (secondary N) is 1. The van der Waals surface area contributed by atoms with E-state index in [4.69, 9.17) is 24.2 Å². The average molecular weight is 547 g/mol. The molecular formula is C29H34N6O5. The molecule has 0 atom stereocenters. The Morgan fingerprint density at radius 2 is 1.65 bits per heavy atom. The normalized spacial score (nSPS) is 16.5. The van der Waals surface area contributed by atoms with Crippen molar-refractivity contribution in [3.63, 3.8) is 0 Å². The molecule has 2 fully saturated rings. The van der Waals surface area contributed by atoms with Crippen LogP contribution in [0.25, 0.3) is 27.6 Å². The maximum Gasteiger partial charge on any atom is 0.337 e. The largest absolute Gasteiger partial charge is 0.490 e. The van der Waals surface area contributed by atoms with Crippen LogP contribution in [-0.4, -0.2) is 71.7 Å². The molecule has 210 valence electrons. The van der Waals surface area contributed by atoms with Crippen LogP contribution in [0.2, 0.25) is 0 Å². The van der Waals surface area contributed by atoms with E-state index < -0.39 is 5.69 Å². The van der Waals surface area contributed by atoms with Gasteiger partial charge in [0.15, 0.2) is 17.3 Å². The third-order valence-corrected chi connectivity index (χ3v) is 7.50. The molecular weight excluding hydrogens is 512 g/mol. The standard InChI is InChI=1S/C29H34N6O5/c1-3-39-24-17-21-22(18-25(24)40-4-2)31-28(33-13-15-38-16-14-33)32-26(21)35-23-8-6-5-7-20(23)27(36)34(29(35)37)19-9-11-30-12-10-19/h5-8,17-19,30H,3-4,9-16H2,1-2H3. The molecule has 4 aromatic rings. The van der Waals surface area contributed by atoms with Crippen LogP contribution in [0.5, 0.6) is 11.5 Å². The monoisotopic (exact) mass is 546 g/mol. The second kappa shape index (κ2) is 11.3. The highest BCUT2D eigenvalue weighted by Gasteiger charge is 2.26. The fourth-order valence-corrected chi connectivity index (χ4v) is 5.59. The van der Waals surface area contributed by atoms with E-state index in [9.17, 15) is 9.59 Å². The first-order valence-electron chi connectivity index (χ1n) is 14.0. The molecule has 0 radical (unpaired) electrons. The molecule has 4 heterocycles. The van der Waals surface area contributed by atoms with Crippen molar-refractivity contribution in [3.8, 4) is 17.3 Å². The summed E-state index contributed by atoms with van der Waals surface area (Å²) in [6, 6.07) is 10.7. The lowest BCUT2D eigenvalue weighted by atomic mass is 10.1. The summed E-state index contributed by atoms with van der Waals surface area (Å²) >= 11 is 0. The Hall–Kier alpha value is -3.96. The molecule has 2 saturated heterocycles. The molecule has 11 heteroatoms. The minimum Gasteiger partial charge on any atom is -0.490 e. The van der Waals surface area contributed by atoms with Crippen molar-refractivity contribution < 1.29 is 14.2 Å². The molecule has 0 aliphatic carbocycles. The van der Waals surface area contributed by atoms with Crippen LogP contribution in [0, 0.1) is 0 Å². The van der Waals surface area contributed by atoms with Gasteiger partial charge in [0.25, 0.3) is 5.56 Å². The molecule has 2 aliphatic rings. The zero-order chi connectivity index (χ0) is 27.6. The van der Waals surface area contributed by atoms with Crippen LogP contribution in [-0.2, 0) is 4.74 Å².